The van der Waals surface area contributed by atoms with E-state index in [2.05, 4.69) is 39.5 Å². The molecular weight excluding hydrogens is 538 g/mol. The van der Waals surface area contributed by atoms with Crippen LogP contribution in [0.15, 0.2) is 78.9 Å². The van der Waals surface area contributed by atoms with Gasteiger partial charge in [-0.25, -0.2) is 0 Å². The number of amides is 1. The number of aliphatic hydroxyl groups excluding tert-OH is 1. The predicted octanol–water partition coefficient (Wildman–Crippen LogP) is 5.33. The average Bonchev–Trinajstić information content (AvgIpc) is 3.07. The molecule has 1 aliphatic rings. The summed E-state index contributed by atoms with van der Waals surface area (Å²) < 4.78 is 4.54. The summed E-state index contributed by atoms with van der Waals surface area (Å²) in [5.41, 5.74) is 11.0. The number of ether oxygens (including phenoxy) is 1. The van der Waals surface area contributed by atoms with Crippen LogP contribution in [0.1, 0.15) is 64.7 Å². The number of hydrogen-bond donors (Lipinski definition) is 2. The normalized spacial score (nSPS) is 13.0. The molecule has 0 saturated carbocycles. The summed E-state index contributed by atoms with van der Waals surface area (Å²) >= 11 is 0. The number of rotatable bonds is 13. The number of terminal acetylenes is 1. The van der Waals surface area contributed by atoms with Crippen molar-refractivity contribution in [3.05, 3.63) is 107 Å². The fourth-order valence-electron chi connectivity index (χ4n) is 5.06. The molecule has 3 aromatic rings. The van der Waals surface area contributed by atoms with Crippen molar-refractivity contribution < 1.29 is 19.4 Å². The number of carbonyl (C=O) groups is 2. The quantitative estimate of drug-likeness (QED) is 0.160. The molecule has 1 fully saturated rings. The smallest absolute Gasteiger partial charge is 0.293 e. The predicted molar refractivity (Wildman–Crippen MR) is 173 cm³/mol. The Hall–Kier alpha value is -3.96. The van der Waals surface area contributed by atoms with Gasteiger partial charge in [0.05, 0.1) is 0 Å². The number of piperidine rings is 1. The maximum absolute atomic E-state index is 13.5. The van der Waals surface area contributed by atoms with Gasteiger partial charge >= 0.3 is 0 Å². The van der Waals surface area contributed by atoms with E-state index >= 15 is 0 Å². The van der Waals surface area contributed by atoms with Crippen LogP contribution < -0.4 is 5.73 Å². The molecule has 4 rings (SSSR count). The first-order valence-electron chi connectivity index (χ1n) is 14.9. The van der Waals surface area contributed by atoms with Crippen LogP contribution in [-0.4, -0.2) is 59.6 Å². The van der Waals surface area contributed by atoms with Crippen molar-refractivity contribution in [2.24, 2.45) is 5.73 Å². The summed E-state index contributed by atoms with van der Waals surface area (Å²) in [6, 6.07) is 26.0. The second-order valence-corrected chi connectivity index (χ2v) is 10.6. The molecule has 0 atom stereocenters. The Morgan fingerprint density at radius 1 is 0.953 bits per heavy atom. The SMILES string of the molecule is C#C.Cc1ccc(C(=O)N(Cc2cccc(CN)c2)C2CCN(CCCCCO)CC2)cc1.O=COCc1ccccc1. The minimum absolute atomic E-state index is 0.111. The van der Waals surface area contributed by atoms with Crippen LogP contribution in [0, 0.1) is 19.8 Å². The molecule has 1 amide bonds. The highest BCUT2D eigenvalue weighted by atomic mass is 16.5. The number of benzene rings is 3. The lowest BCUT2D eigenvalue weighted by Crippen LogP contribution is -2.47. The largest absolute Gasteiger partial charge is 0.463 e. The highest BCUT2D eigenvalue weighted by Gasteiger charge is 2.28. The van der Waals surface area contributed by atoms with Gasteiger partial charge in [0.2, 0.25) is 0 Å². The standard InChI is InChI=1S/C26H37N3O2.C8H8O2.C2H2/c1-21-8-10-24(11-9-21)26(31)29(20-23-7-5-6-22(18-23)19-27)25-12-15-28(16-13-25)14-3-2-4-17-30;9-7-10-6-8-4-2-1-3-5-8;1-2/h5-11,18,25,30H,2-4,12-17,19-20,27H2,1H3;1-5,7H,6H2;1-2H. The molecule has 3 N–H and O–H groups in total. The Morgan fingerprint density at radius 3 is 2.23 bits per heavy atom. The van der Waals surface area contributed by atoms with E-state index in [0.717, 1.165) is 79.6 Å². The molecule has 0 spiro atoms. The lowest BCUT2D eigenvalue weighted by Gasteiger charge is -2.39. The third-order valence-electron chi connectivity index (χ3n) is 7.43. The Morgan fingerprint density at radius 2 is 1.60 bits per heavy atom. The van der Waals surface area contributed by atoms with Gasteiger partial charge in [0.15, 0.2) is 0 Å². The Labute approximate surface area is 257 Å². The molecule has 0 radical (unpaired) electrons. The van der Waals surface area contributed by atoms with E-state index in [9.17, 15) is 9.59 Å². The van der Waals surface area contributed by atoms with Crippen LogP contribution >= 0.6 is 0 Å². The second-order valence-electron chi connectivity index (χ2n) is 10.6. The summed E-state index contributed by atoms with van der Waals surface area (Å²) in [6.07, 6.45) is 13.1. The number of likely N-dealkylation sites (tertiary alicyclic amines) is 1. The monoisotopic (exact) mass is 585 g/mol. The van der Waals surface area contributed by atoms with Crippen LogP contribution in [0.5, 0.6) is 0 Å². The number of aryl methyl sites for hydroxylation is 1. The molecule has 1 saturated heterocycles. The summed E-state index contributed by atoms with van der Waals surface area (Å²) in [6.45, 7) is 7.38. The zero-order valence-corrected chi connectivity index (χ0v) is 25.4. The van der Waals surface area contributed by atoms with Crippen molar-refractivity contribution in [3.8, 4) is 12.8 Å². The number of nitrogens with zero attached hydrogens (tertiary/aromatic N) is 2. The van der Waals surface area contributed by atoms with E-state index in [1.165, 1.54) is 0 Å². The number of carbonyl (C=O) groups excluding carboxylic acids is 2. The van der Waals surface area contributed by atoms with E-state index < -0.39 is 0 Å². The summed E-state index contributed by atoms with van der Waals surface area (Å²) in [4.78, 5) is 27.8. The van der Waals surface area contributed by atoms with E-state index in [1.54, 1.807) is 0 Å². The van der Waals surface area contributed by atoms with Crippen molar-refractivity contribution >= 4 is 12.4 Å². The fraction of sp³-hybridized carbons (Fsp3) is 0.389. The second kappa shape index (κ2) is 20.8. The Kier molecular flexibility index (Phi) is 17.1. The van der Waals surface area contributed by atoms with Gasteiger partial charge in [-0.3, -0.25) is 9.59 Å². The lowest BCUT2D eigenvalue weighted by molar-refractivity contribution is -0.129. The minimum Gasteiger partial charge on any atom is -0.463 e. The topological polar surface area (TPSA) is 96.1 Å². The molecule has 3 aromatic carbocycles. The van der Waals surface area contributed by atoms with Crippen molar-refractivity contribution in [1.29, 1.82) is 0 Å². The zero-order chi connectivity index (χ0) is 31.3. The molecule has 0 aromatic heterocycles. The van der Waals surface area contributed by atoms with Crippen LogP contribution in [0.3, 0.4) is 0 Å². The minimum atomic E-state index is 0.111. The maximum Gasteiger partial charge on any atom is 0.293 e. The molecule has 0 aliphatic carbocycles. The lowest BCUT2D eigenvalue weighted by atomic mass is 9.99. The summed E-state index contributed by atoms with van der Waals surface area (Å²) in [5.74, 6) is 0.111. The van der Waals surface area contributed by atoms with E-state index in [-0.39, 0.29) is 18.6 Å². The summed E-state index contributed by atoms with van der Waals surface area (Å²) in [7, 11) is 0. The van der Waals surface area contributed by atoms with E-state index in [0.29, 0.717) is 26.2 Å². The van der Waals surface area contributed by atoms with Crippen LogP contribution in [0.2, 0.25) is 0 Å². The summed E-state index contributed by atoms with van der Waals surface area (Å²) in [5, 5.41) is 8.96. The van der Waals surface area contributed by atoms with Gasteiger partial charge in [0, 0.05) is 44.4 Å². The molecule has 7 nitrogen and oxygen atoms in total. The van der Waals surface area contributed by atoms with Gasteiger partial charge < -0.3 is 25.4 Å². The van der Waals surface area contributed by atoms with Gasteiger partial charge in [-0.2, -0.15) is 0 Å². The number of nitrogens with two attached hydrogens (primary N) is 1. The molecule has 43 heavy (non-hydrogen) atoms. The van der Waals surface area contributed by atoms with Crippen LogP contribution in [-0.2, 0) is 29.2 Å². The van der Waals surface area contributed by atoms with Gasteiger partial charge in [-0.15, -0.1) is 12.8 Å². The van der Waals surface area contributed by atoms with Crippen molar-refractivity contribution in [1.82, 2.24) is 9.80 Å². The van der Waals surface area contributed by atoms with Crippen molar-refractivity contribution in [3.63, 3.8) is 0 Å². The molecule has 0 unspecified atom stereocenters. The van der Waals surface area contributed by atoms with Gasteiger partial charge in [0.1, 0.15) is 6.61 Å². The zero-order valence-electron chi connectivity index (χ0n) is 25.4. The van der Waals surface area contributed by atoms with Gasteiger partial charge in [0.25, 0.3) is 12.4 Å². The van der Waals surface area contributed by atoms with Crippen molar-refractivity contribution in [2.45, 2.75) is 64.8 Å². The molecule has 1 aliphatic heterocycles. The molecular formula is C36H47N3O4. The first-order valence-corrected chi connectivity index (χ1v) is 14.9. The third kappa shape index (κ3) is 12.8. The first kappa shape index (κ1) is 35.2. The van der Waals surface area contributed by atoms with Crippen LogP contribution in [0.25, 0.3) is 0 Å². The third-order valence-corrected chi connectivity index (χ3v) is 7.43. The Balaban J connectivity index is 0.000000451. The van der Waals surface area contributed by atoms with Gasteiger partial charge in [-0.1, -0.05) is 72.3 Å². The number of unbranched alkanes of at least 4 members (excludes halogenated alkanes) is 2. The molecule has 230 valence electrons. The fourth-order valence-corrected chi connectivity index (χ4v) is 5.06. The molecule has 0 bridgehead atoms. The number of aliphatic hydroxyl groups is 1. The number of hydrogen-bond acceptors (Lipinski definition) is 6. The van der Waals surface area contributed by atoms with E-state index in [1.807, 2.05) is 73.7 Å². The highest BCUT2D eigenvalue weighted by Crippen LogP contribution is 2.23. The van der Waals surface area contributed by atoms with Gasteiger partial charge in [-0.05, 0) is 74.4 Å². The van der Waals surface area contributed by atoms with Crippen molar-refractivity contribution in [2.75, 3.05) is 26.2 Å². The first-order chi connectivity index (χ1) is 21.0. The Bertz CT molecular complexity index is 1210. The molecule has 1 heterocycles. The average molecular weight is 586 g/mol. The maximum atomic E-state index is 13.5. The van der Waals surface area contributed by atoms with Crippen LogP contribution in [0.4, 0.5) is 0 Å². The highest BCUT2D eigenvalue weighted by molar-refractivity contribution is 5.94. The van der Waals surface area contributed by atoms with E-state index in [4.69, 9.17) is 10.8 Å². The molecule has 7 heteroatoms.